The normalized spacial score (nSPS) is 16.5. The lowest BCUT2D eigenvalue weighted by atomic mass is 10.1. The van der Waals surface area contributed by atoms with Crippen LogP contribution in [0.3, 0.4) is 0 Å². The number of carbonyl (C=O) groups excluding carboxylic acids is 2. The molecule has 1 aliphatic rings. The van der Waals surface area contributed by atoms with Gasteiger partial charge in [-0.1, -0.05) is 29.3 Å². The first kappa shape index (κ1) is 17.7. The second-order valence-electron chi connectivity index (χ2n) is 5.53. The summed E-state index contributed by atoms with van der Waals surface area (Å²) in [6.07, 6.45) is 2.18. The molecule has 130 valence electrons. The standard InChI is InChI=1S/C17H15Cl2N3O3/c18-12-2-1-3-13(19)15(12)17(24)21-11-4-6-20-14(8-11)22-16(23)10-5-7-25-9-10/h1-4,6,8,10H,5,7,9H2,(H2,20,21,22,23,24). The average Bonchev–Trinajstić information content (AvgIpc) is 3.09. The van der Waals surface area contributed by atoms with E-state index in [2.05, 4.69) is 15.6 Å². The summed E-state index contributed by atoms with van der Waals surface area (Å²) in [5, 5.41) is 5.94. The maximum atomic E-state index is 12.4. The van der Waals surface area contributed by atoms with Crippen LogP contribution in [0.4, 0.5) is 11.5 Å². The minimum atomic E-state index is -0.441. The Morgan fingerprint density at radius 1 is 1.16 bits per heavy atom. The van der Waals surface area contributed by atoms with Gasteiger partial charge >= 0.3 is 0 Å². The van der Waals surface area contributed by atoms with Crippen LogP contribution in [-0.4, -0.2) is 30.0 Å². The molecule has 1 unspecified atom stereocenters. The van der Waals surface area contributed by atoms with Crippen molar-refractivity contribution in [2.24, 2.45) is 5.92 Å². The largest absolute Gasteiger partial charge is 0.381 e. The van der Waals surface area contributed by atoms with Gasteiger partial charge in [0, 0.05) is 24.6 Å². The number of carbonyl (C=O) groups is 2. The Bertz CT molecular complexity index is 787. The Kier molecular flexibility index (Phi) is 5.53. The number of nitrogens with zero attached hydrogens (tertiary/aromatic N) is 1. The van der Waals surface area contributed by atoms with E-state index in [1.54, 1.807) is 30.3 Å². The van der Waals surface area contributed by atoms with E-state index in [4.69, 9.17) is 27.9 Å². The highest BCUT2D eigenvalue weighted by molar-refractivity contribution is 6.40. The van der Waals surface area contributed by atoms with Crippen LogP contribution < -0.4 is 10.6 Å². The number of nitrogens with one attached hydrogen (secondary N) is 2. The van der Waals surface area contributed by atoms with Crippen molar-refractivity contribution < 1.29 is 14.3 Å². The van der Waals surface area contributed by atoms with Crippen LogP contribution in [0.2, 0.25) is 10.0 Å². The minimum absolute atomic E-state index is 0.150. The molecule has 2 amide bonds. The zero-order chi connectivity index (χ0) is 17.8. The van der Waals surface area contributed by atoms with E-state index in [1.807, 2.05) is 0 Å². The average molecular weight is 380 g/mol. The van der Waals surface area contributed by atoms with Gasteiger partial charge in [0.15, 0.2) is 0 Å². The molecule has 0 spiro atoms. The first-order valence-corrected chi connectivity index (χ1v) is 8.40. The van der Waals surface area contributed by atoms with Crippen LogP contribution >= 0.6 is 23.2 Å². The van der Waals surface area contributed by atoms with E-state index in [0.29, 0.717) is 31.1 Å². The predicted molar refractivity (Wildman–Crippen MR) is 96.2 cm³/mol. The molecule has 2 aromatic rings. The SMILES string of the molecule is O=C(Nc1ccnc(NC(=O)C2CCOC2)c1)c1c(Cl)cccc1Cl. The molecule has 1 fully saturated rings. The maximum Gasteiger partial charge on any atom is 0.258 e. The van der Waals surface area contributed by atoms with E-state index < -0.39 is 5.91 Å². The highest BCUT2D eigenvalue weighted by atomic mass is 35.5. The summed E-state index contributed by atoms with van der Waals surface area (Å²) in [5.41, 5.74) is 0.658. The maximum absolute atomic E-state index is 12.4. The van der Waals surface area contributed by atoms with E-state index in [-0.39, 0.29) is 27.4 Å². The van der Waals surface area contributed by atoms with Gasteiger partial charge in [-0.15, -0.1) is 0 Å². The summed E-state index contributed by atoms with van der Waals surface area (Å²) in [6.45, 7) is 0.994. The summed E-state index contributed by atoms with van der Waals surface area (Å²) < 4.78 is 5.20. The van der Waals surface area contributed by atoms with Crippen LogP contribution in [0.1, 0.15) is 16.8 Å². The molecule has 2 N–H and O–H groups in total. The summed E-state index contributed by atoms with van der Waals surface area (Å²) in [4.78, 5) is 28.6. The third-order valence-corrected chi connectivity index (χ3v) is 4.39. The van der Waals surface area contributed by atoms with Gasteiger partial charge < -0.3 is 15.4 Å². The molecule has 0 bridgehead atoms. The molecule has 1 aliphatic heterocycles. The zero-order valence-electron chi connectivity index (χ0n) is 13.1. The lowest BCUT2D eigenvalue weighted by molar-refractivity contribution is -0.119. The number of hydrogen-bond donors (Lipinski definition) is 2. The summed E-state index contributed by atoms with van der Waals surface area (Å²) >= 11 is 12.1. The molecule has 1 aromatic heterocycles. The van der Waals surface area contributed by atoms with Gasteiger partial charge in [-0.05, 0) is 24.6 Å². The molecule has 3 rings (SSSR count). The Morgan fingerprint density at radius 3 is 2.60 bits per heavy atom. The monoisotopic (exact) mass is 379 g/mol. The van der Waals surface area contributed by atoms with Crippen molar-refractivity contribution in [2.45, 2.75) is 6.42 Å². The number of ether oxygens (including phenoxy) is 1. The Balaban J connectivity index is 1.71. The third kappa shape index (κ3) is 4.28. The van der Waals surface area contributed by atoms with E-state index in [0.717, 1.165) is 0 Å². The van der Waals surface area contributed by atoms with Crippen molar-refractivity contribution in [1.29, 1.82) is 0 Å². The fraction of sp³-hybridized carbons (Fsp3) is 0.235. The second kappa shape index (κ2) is 7.82. The molecule has 6 nitrogen and oxygen atoms in total. The van der Waals surface area contributed by atoms with Gasteiger partial charge in [0.1, 0.15) is 5.82 Å². The quantitative estimate of drug-likeness (QED) is 0.849. The smallest absolute Gasteiger partial charge is 0.258 e. The fourth-order valence-corrected chi connectivity index (χ4v) is 3.02. The van der Waals surface area contributed by atoms with Gasteiger partial charge in [0.2, 0.25) is 5.91 Å². The fourth-order valence-electron chi connectivity index (χ4n) is 2.45. The van der Waals surface area contributed by atoms with Crippen molar-refractivity contribution >= 4 is 46.5 Å². The van der Waals surface area contributed by atoms with Crippen molar-refractivity contribution in [3.63, 3.8) is 0 Å². The number of rotatable bonds is 4. The van der Waals surface area contributed by atoms with Crippen molar-refractivity contribution in [1.82, 2.24) is 4.98 Å². The first-order chi connectivity index (χ1) is 12.0. The molecular weight excluding hydrogens is 365 g/mol. The van der Waals surface area contributed by atoms with Crippen LogP contribution in [0.5, 0.6) is 0 Å². The summed E-state index contributed by atoms with van der Waals surface area (Å²) in [5.74, 6) is -0.423. The van der Waals surface area contributed by atoms with Gasteiger partial charge in [-0.25, -0.2) is 4.98 Å². The summed E-state index contributed by atoms with van der Waals surface area (Å²) in [6, 6.07) is 8.01. The molecule has 2 heterocycles. The number of aromatic nitrogens is 1. The highest BCUT2D eigenvalue weighted by Gasteiger charge is 2.24. The van der Waals surface area contributed by atoms with Gasteiger partial charge in [0.05, 0.1) is 28.1 Å². The lowest BCUT2D eigenvalue weighted by Gasteiger charge is -2.11. The van der Waals surface area contributed by atoms with Crippen molar-refractivity contribution in [2.75, 3.05) is 23.8 Å². The Labute approximate surface area is 154 Å². The van der Waals surface area contributed by atoms with Crippen LogP contribution in [0.15, 0.2) is 36.5 Å². The van der Waals surface area contributed by atoms with E-state index in [1.165, 1.54) is 6.20 Å². The van der Waals surface area contributed by atoms with E-state index in [9.17, 15) is 9.59 Å². The van der Waals surface area contributed by atoms with Crippen LogP contribution in [0, 0.1) is 5.92 Å². The highest BCUT2D eigenvalue weighted by Crippen LogP contribution is 2.25. The molecule has 8 heteroatoms. The van der Waals surface area contributed by atoms with Gasteiger partial charge in [0.25, 0.3) is 5.91 Å². The van der Waals surface area contributed by atoms with Crippen LogP contribution in [-0.2, 0) is 9.53 Å². The Hall–Kier alpha value is -2.15. The van der Waals surface area contributed by atoms with Gasteiger partial charge in [-0.2, -0.15) is 0 Å². The molecule has 1 saturated heterocycles. The number of hydrogen-bond acceptors (Lipinski definition) is 4. The minimum Gasteiger partial charge on any atom is -0.381 e. The number of anilines is 2. The van der Waals surface area contributed by atoms with Crippen molar-refractivity contribution in [3.05, 3.63) is 52.1 Å². The summed E-state index contributed by atoms with van der Waals surface area (Å²) in [7, 11) is 0. The predicted octanol–water partition coefficient (Wildman–Crippen LogP) is 3.62. The molecule has 25 heavy (non-hydrogen) atoms. The number of halogens is 2. The zero-order valence-corrected chi connectivity index (χ0v) is 14.6. The lowest BCUT2D eigenvalue weighted by Crippen LogP contribution is -2.23. The molecule has 0 saturated carbocycles. The first-order valence-electron chi connectivity index (χ1n) is 7.64. The molecular formula is C17H15Cl2N3O3. The topological polar surface area (TPSA) is 80.3 Å². The molecule has 1 aromatic carbocycles. The molecule has 0 radical (unpaired) electrons. The van der Waals surface area contributed by atoms with Crippen molar-refractivity contribution in [3.8, 4) is 0 Å². The Morgan fingerprint density at radius 2 is 1.92 bits per heavy atom. The number of pyridine rings is 1. The second-order valence-corrected chi connectivity index (χ2v) is 6.34. The number of benzene rings is 1. The van der Waals surface area contributed by atoms with E-state index >= 15 is 0 Å². The van der Waals surface area contributed by atoms with Gasteiger partial charge in [-0.3, -0.25) is 9.59 Å². The van der Waals surface area contributed by atoms with Crippen LogP contribution in [0.25, 0.3) is 0 Å². The molecule has 0 aliphatic carbocycles. The molecule has 1 atom stereocenters. The number of amides is 2. The third-order valence-electron chi connectivity index (χ3n) is 3.76.